The van der Waals surface area contributed by atoms with Crippen molar-refractivity contribution in [3.05, 3.63) is 132 Å². The van der Waals surface area contributed by atoms with Crippen molar-refractivity contribution in [3.63, 3.8) is 0 Å². The number of rotatable bonds is 11. The van der Waals surface area contributed by atoms with Gasteiger partial charge in [-0.3, -0.25) is 14.4 Å². The van der Waals surface area contributed by atoms with Gasteiger partial charge in [-0.1, -0.05) is 91.5 Å². The summed E-state index contributed by atoms with van der Waals surface area (Å²) in [5.74, 6) is -3.81. The molecule has 2 atom stereocenters. The molecule has 2 N–H and O–H groups in total. The van der Waals surface area contributed by atoms with E-state index in [0.717, 1.165) is 11.6 Å². The zero-order valence-corrected chi connectivity index (χ0v) is 19.4. The second-order valence-corrected chi connectivity index (χ2v) is 7.89. The Morgan fingerprint density at radius 2 is 1.22 bits per heavy atom. The van der Waals surface area contributed by atoms with E-state index >= 15 is 0 Å². The summed E-state index contributed by atoms with van der Waals surface area (Å²) in [6, 6.07) is 23.0. The standard InChI is InChI=1S/C30H25NO5/c1-2-27(34)31-29(23-11-7-4-8-12-23)28(25(32)19-15-21-9-5-3-6-10-21)26(33)20-16-22-13-17-24(18-14-22)30(35)36/h2-20,28-29H,1H2,(H,31,34)(H,35,36)/b19-15+,20-16+. The molecule has 0 aromatic heterocycles. The zero-order chi connectivity index (χ0) is 25.9. The molecule has 180 valence electrons. The summed E-state index contributed by atoms with van der Waals surface area (Å²) >= 11 is 0. The van der Waals surface area contributed by atoms with Gasteiger partial charge in [0.2, 0.25) is 5.91 Å². The lowest BCUT2D eigenvalue weighted by atomic mass is 9.85. The van der Waals surface area contributed by atoms with Crippen LogP contribution in [0.15, 0.2) is 110 Å². The summed E-state index contributed by atoms with van der Waals surface area (Å²) in [6.45, 7) is 3.48. The summed E-state index contributed by atoms with van der Waals surface area (Å²) in [6.07, 6.45) is 6.82. The van der Waals surface area contributed by atoms with E-state index in [0.29, 0.717) is 11.1 Å². The van der Waals surface area contributed by atoms with Gasteiger partial charge < -0.3 is 10.4 Å². The van der Waals surface area contributed by atoms with E-state index in [2.05, 4.69) is 11.9 Å². The number of nitrogens with one attached hydrogen (secondary N) is 1. The Kier molecular flexibility index (Phi) is 9.00. The summed E-state index contributed by atoms with van der Waals surface area (Å²) in [5.41, 5.74) is 2.09. The number of carboxylic acids is 1. The molecule has 3 aromatic rings. The van der Waals surface area contributed by atoms with E-state index in [9.17, 15) is 19.2 Å². The predicted octanol–water partition coefficient (Wildman–Crippen LogP) is 4.91. The molecule has 3 aromatic carbocycles. The third-order valence-electron chi connectivity index (χ3n) is 5.43. The first-order valence-corrected chi connectivity index (χ1v) is 11.2. The predicted molar refractivity (Wildman–Crippen MR) is 139 cm³/mol. The van der Waals surface area contributed by atoms with Crippen LogP contribution in [0.4, 0.5) is 0 Å². The largest absolute Gasteiger partial charge is 0.478 e. The molecule has 0 aliphatic carbocycles. The third kappa shape index (κ3) is 7.08. The lowest BCUT2D eigenvalue weighted by Gasteiger charge is -2.25. The SMILES string of the molecule is C=CC(=O)NC(c1ccccc1)C(C(=O)/C=C/c1ccccc1)C(=O)/C=C/c1ccc(C(=O)O)cc1. The molecule has 1 amide bonds. The number of allylic oxidation sites excluding steroid dienone is 2. The monoisotopic (exact) mass is 479 g/mol. The van der Waals surface area contributed by atoms with Gasteiger partial charge >= 0.3 is 5.97 Å². The van der Waals surface area contributed by atoms with Gasteiger partial charge in [0.25, 0.3) is 0 Å². The van der Waals surface area contributed by atoms with Crippen molar-refractivity contribution in [1.82, 2.24) is 5.32 Å². The van der Waals surface area contributed by atoms with Gasteiger partial charge in [0.1, 0.15) is 5.92 Å². The second kappa shape index (κ2) is 12.6. The number of amides is 1. The Balaban J connectivity index is 1.98. The number of carbonyl (C=O) groups is 4. The maximum atomic E-state index is 13.4. The average Bonchev–Trinajstić information content (AvgIpc) is 2.91. The van der Waals surface area contributed by atoms with Crippen molar-refractivity contribution in [1.29, 1.82) is 0 Å². The molecule has 6 heteroatoms. The molecular formula is C30H25NO5. The molecule has 3 rings (SSSR count). The van der Waals surface area contributed by atoms with Crippen LogP contribution < -0.4 is 5.32 Å². The van der Waals surface area contributed by atoms with E-state index < -0.39 is 35.4 Å². The van der Waals surface area contributed by atoms with Gasteiger partial charge in [-0.2, -0.15) is 0 Å². The maximum absolute atomic E-state index is 13.4. The quantitative estimate of drug-likeness (QED) is 0.301. The van der Waals surface area contributed by atoms with E-state index in [4.69, 9.17) is 5.11 Å². The van der Waals surface area contributed by atoms with Crippen molar-refractivity contribution in [3.8, 4) is 0 Å². The highest BCUT2D eigenvalue weighted by molar-refractivity contribution is 6.14. The molecular weight excluding hydrogens is 454 g/mol. The molecule has 0 aliphatic heterocycles. The van der Waals surface area contributed by atoms with Gasteiger partial charge in [-0.15, -0.1) is 0 Å². The van der Waals surface area contributed by atoms with Crippen LogP contribution >= 0.6 is 0 Å². The summed E-state index contributed by atoms with van der Waals surface area (Å²) in [4.78, 5) is 50.1. The number of hydrogen-bond acceptors (Lipinski definition) is 4. The van der Waals surface area contributed by atoms with Gasteiger partial charge in [0, 0.05) is 0 Å². The maximum Gasteiger partial charge on any atom is 0.335 e. The number of ketones is 2. The van der Waals surface area contributed by atoms with E-state index in [1.807, 2.05) is 30.3 Å². The smallest absolute Gasteiger partial charge is 0.335 e. The first kappa shape index (κ1) is 25.8. The topological polar surface area (TPSA) is 101 Å². The van der Waals surface area contributed by atoms with Crippen LogP contribution in [0.2, 0.25) is 0 Å². The highest BCUT2D eigenvalue weighted by Gasteiger charge is 2.34. The molecule has 0 heterocycles. The Morgan fingerprint density at radius 3 is 1.72 bits per heavy atom. The van der Waals surface area contributed by atoms with Crippen LogP contribution in [-0.4, -0.2) is 28.5 Å². The fourth-order valence-corrected chi connectivity index (χ4v) is 3.57. The highest BCUT2D eigenvalue weighted by Crippen LogP contribution is 2.26. The van der Waals surface area contributed by atoms with Crippen LogP contribution in [-0.2, 0) is 14.4 Å². The molecule has 0 fully saturated rings. The molecule has 0 radical (unpaired) electrons. The van der Waals surface area contributed by atoms with Crippen molar-refractivity contribution in [2.24, 2.45) is 5.92 Å². The van der Waals surface area contributed by atoms with E-state index in [1.54, 1.807) is 48.5 Å². The summed E-state index contributed by atoms with van der Waals surface area (Å²) in [7, 11) is 0. The third-order valence-corrected chi connectivity index (χ3v) is 5.43. The minimum absolute atomic E-state index is 0.119. The highest BCUT2D eigenvalue weighted by atomic mass is 16.4. The Hall–Kier alpha value is -4.84. The molecule has 36 heavy (non-hydrogen) atoms. The lowest BCUT2D eigenvalue weighted by Crippen LogP contribution is -2.39. The molecule has 0 saturated carbocycles. The second-order valence-electron chi connectivity index (χ2n) is 7.89. The fourth-order valence-electron chi connectivity index (χ4n) is 3.57. The summed E-state index contributed by atoms with van der Waals surface area (Å²) < 4.78 is 0. The molecule has 0 bridgehead atoms. The lowest BCUT2D eigenvalue weighted by molar-refractivity contribution is -0.129. The van der Waals surface area contributed by atoms with Crippen molar-refractivity contribution in [2.75, 3.05) is 0 Å². The van der Waals surface area contributed by atoms with Crippen LogP contribution in [0.5, 0.6) is 0 Å². The zero-order valence-electron chi connectivity index (χ0n) is 19.4. The van der Waals surface area contributed by atoms with Crippen molar-refractivity contribution < 1.29 is 24.3 Å². The van der Waals surface area contributed by atoms with Crippen molar-refractivity contribution >= 4 is 35.6 Å². The molecule has 2 unspecified atom stereocenters. The van der Waals surface area contributed by atoms with Crippen LogP contribution in [0.1, 0.15) is 33.1 Å². The van der Waals surface area contributed by atoms with Gasteiger partial charge in [0.15, 0.2) is 11.6 Å². The molecule has 6 nitrogen and oxygen atoms in total. The van der Waals surface area contributed by atoms with Crippen molar-refractivity contribution in [2.45, 2.75) is 6.04 Å². The molecule has 0 aliphatic rings. The van der Waals surface area contributed by atoms with Crippen LogP contribution in [0.3, 0.4) is 0 Å². The minimum atomic E-state index is -1.24. The fraction of sp³-hybridized carbons (Fsp3) is 0.0667. The number of benzene rings is 3. The average molecular weight is 480 g/mol. The first-order valence-electron chi connectivity index (χ1n) is 11.2. The van der Waals surface area contributed by atoms with Crippen LogP contribution in [0.25, 0.3) is 12.2 Å². The Labute approximate surface area is 209 Å². The number of hydrogen-bond donors (Lipinski definition) is 2. The Bertz CT molecular complexity index is 1290. The molecule has 0 saturated heterocycles. The van der Waals surface area contributed by atoms with E-state index in [-0.39, 0.29) is 5.56 Å². The normalized spacial score (nSPS) is 12.7. The van der Waals surface area contributed by atoms with E-state index in [1.165, 1.54) is 30.4 Å². The Morgan fingerprint density at radius 1 is 0.722 bits per heavy atom. The first-order chi connectivity index (χ1) is 17.4. The minimum Gasteiger partial charge on any atom is -0.478 e. The van der Waals surface area contributed by atoms with Gasteiger partial charge in [-0.05, 0) is 47.1 Å². The number of aromatic carboxylic acids is 1. The van der Waals surface area contributed by atoms with Gasteiger partial charge in [0.05, 0.1) is 11.6 Å². The summed E-state index contributed by atoms with van der Waals surface area (Å²) in [5, 5.41) is 11.8. The number of carboxylic acid groups (broad SMARTS) is 1. The number of carbonyl (C=O) groups excluding carboxylic acids is 3. The van der Waals surface area contributed by atoms with Crippen LogP contribution in [0, 0.1) is 5.92 Å². The molecule has 0 spiro atoms. The van der Waals surface area contributed by atoms with Gasteiger partial charge in [-0.25, -0.2) is 4.79 Å².